The number of nitrogens with two attached hydrogens (primary N) is 1. The fourth-order valence-corrected chi connectivity index (χ4v) is 3.46. The summed E-state index contributed by atoms with van der Waals surface area (Å²) in [5, 5.41) is 0. The largest absolute Gasteiger partial charge is 0.378 e. The minimum Gasteiger partial charge on any atom is -0.378 e. The van der Waals surface area contributed by atoms with Crippen LogP contribution >= 0.6 is 0 Å². The van der Waals surface area contributed by atoms with Crippen LogP contribution in [0.2, 0.25) is 0 Å². The van der Waals surface area contributed by atoms with E-state index in [1.165, 1.54) is 64.5 Å². The fraction of sp³-hybridized carbons (Fsp3) is 1.00. The topological polar surface area (TPSA) is 38.5 Å². The van der Waals surface area contributed by atoms with Crippen molar-refractivity contribution in [1.29, 1.82) is 0 Å². The third-order valence-electron chi connectivity index (χ3n) is 4.66. The molecule has 0 amide bonds. The lowest BCUT2D eigenvalue weighted by atomic mass is 9.90. The molecule has 1 unspecified atom stereocenters. The van der Waals surface area contributed by atoms with Gasteiger partial charge in [-0.15, -0.1) is 0 Å². The first-order valence-corrected chi connectivity index (χ1v) is 7.90. The van der Waals surface area contributed by atoms with Crippen molar-refractivity contribution >= 4 is 0 Å². The Hall–Kier alpha value is -0.120. The number of rotatable bonds is 6. The molecule has 0 bridgehead atoms. The molecule has 18 heavy (non-hydrogen) atoms. The summed E-state index contributed by atoms with van der Waals surface area (Å²) < 4.78 is 5.69. The van der Waals surface area contributed by atoms with Crippen LogP contribution in [0, 0.1) is 0 Å². The van der Waals surface area contributed by atoms with E-state index < -0.39 is 0 Å². The van der Waals surface area contributed by atoms with Gasteiger partial charge in [-0.05, 0) is 64.5 Å². The smallest absolute Gasteiger partial charge is 0.0576 e. The maximum atomic E-state index is 5.99. The Kier molecular flexibility index (Phi) is 5.93. The zero-order chi connectivity index (χ0) is 12.8. The van der Waals surface area contributed by atoms with E-state index in [1.807, 2.05) is 0 Å². The molecular weight excluding hydrogens is 224 g/mol. The van der Waals surface area contributed by atoms with Crippen LogP contribution in [0.5, 0.6) is 0 Å². The van der Waals surface area contributed by atoms with Crippen molar-refractivity contribution in [3.05, 3.63) is 0 Å². The highest BCUT2D eigenvalue weighted by Crippen LogP contribution is 2.23. The van der Waals surface area contributed by atoms with Crippen LogP contribution in [0.3, 0.4) is 0 Å². The first kappa shape index (κ1) is 14.3. The van der Waals surface area contributed by atoms with Crippen molar-refractivity contribution in [2.45, 2.75) is 76.5 Å². The molecule has 3 nitrogen and oxygen atoms in total. The Morgan fingerprint density at radius 1 is 1.17 bits per heavy atom. The van der Waals surface area contributed by atoms with Gasteiger partial charge in [-0.2, -0.15) is 0 Å². The van der Waals surface area contributed by atoms with E-state index in [1.54, 1.807) is 0 Å². The zero-order valence-corrected chi connectivity index (χ0v) is 11.9. The van der Waals surface area contributed by atoms with Gasteiger partial charge >= 0.3 is 0 Å². The summed E-state index contributed by atoms with van der Waals surface area (Å²) in [6.07, 6.45) is 10.7. The SMILES string of the molecule is CCN(CCCC1CCCO1)C1CCC(N)CC1. The van der Waals surface area contributed by atoms with Crippen LogP contribution in [-0.4, -0.2) is 42.8 Å². The van der Waals surface area contributed by atoms with Crippen molar-refractivity contribution in [2.75, 3.05) is 19.7 Å². The fourth-order valence-electron chi connectivity index (χ4n) is 3.46. The molecule has 1 atom stereocenters. The minimum absolute atomic E-state index is 0.465. The van der Waals surface area contributed by atoms with Crippen LogP contribution in [0.4, 0.5) is 0 Å². The molecule has 2 fully saturated rings. The van der Waals surface area contributed by atoms with Gasteiger partial charge in [0.1, 0.15) is 0 Å². The highest BCUT2D eigenvalue weighted by molar-refractivity contribution is 4.81. The Morgan fingerprint density at radius 3 is 2.56 bits per heavy atom. The maximum Gasteiger partial charge on any atom is 0.0576 e. The van der Waals surface area contributed by atoms with Gasteiger partial charge in [0.2, 0.25) is 0 Å². The highest BCUT2D eigenvalue weighted by atomic mass is 16.5. The Morgan fingerprint density at radius 2 is 1.94 bits per heavy atom. The van der Waals surface area contributed by atoms with E-state index >= 15 is 0 Å². The van der Waals surface area contributed by atoms with Gasteiger partial charge < -0.3 is 15.4 Å². The maximum absolute atomic E-state index is 5.99. The van der Waals surface area contributed by atoms with E-state index in [0.29, 0.717) is 12.1 Å². The van der Waals surface area contributed by atoms with Gasteiger partial charge in [-0.25, -0.2) is 0 Å². The second-order valence-electron chi connectivity index (χ2n) is 5.97. The molecular formula is C15H30N2O. The van der Waals surface area contributed by atoms with Crippen LogP contribution in [0.25, 0.3) is 0 Å². The summed E-state index contributed by atoms with van der Waals surface area (Å²) in [5.41, 5.74) is 5.99. The van der Waals surface area contributed by atoms with Crippen LogP contribution in [-0.2, 0) is 4.74 Å². The lowest BCUT2D eigenvalue weighted by Gasteiger charge is -2.35. The Balaban J connectivity index is 1.65. The third-order valence-corrected chi connectivity index (χ3v) is 4.66. The molecule has 0 spiro atoms. The molecule has 0 aromatic rings. The Bertz CT molecular complexity index is 221. The van der Waals surface area contributed by atoms with Gasteiger partial charge in [0, 0.05) is 18.7 Å². The molecule has 0 radical (unpaired) electrons. The first-order chi connectivity index (χ1) is 8.79. The second kappa shape index (κ2) is 7.46. The molecule has 1 heterocycles. The normalized spacial score (nSPS) is 33.2. The van der Waals surface area contributed by atoms with Gasteiger partial charge in [-0.1, -0.05) is 6.92 Å². The van der Waals surface area contributed by atoms with Crippen LogP contribution in [0.15, 0.2) is 0 Å². The summed E-state index contributed by atoms with van der Waals surface area (Å²) >= 11 is 0. The van der Waals surface area contributed by atoms with E-state index in [0.717, 1.165) is 12.6 Å². The van der Waals surface area contributed by atoms with Crippen molar-refractivity contribution in [2.24, 2.45) is 5.73 Å². The lowest BCUT2D eigenvalue weighted by Crippen LogP contribution is -2.41. The second-order valence-corrected chi connectivity index (χ2v) is 5.97. The van der Waals surface area contributed by atoms with Crippen molar-refractivity contribution in [1.82, 2.24) is 4.90 Å². The summed E-state index contributed by atoms with van der Waals surface area (Å²) in [6, 6.07) is 1.26. The summed E-state index contributed by atoms with van der Waals surface area (Å²) in [6.45, 7) is 5.71. The van der Waals surface area contributed by atoms with E-state index in [9.17, 15) is 0 Å². The van der Waals surface area contributed by atoms with E-state index in [2.05, 4.69) is 11.8 Å². The van der Waals surface area contributed by atoms with Crippen molar-refractivity contribution in [3.63, 3.8) is 0 Å². The minimum atomic E-state index is 0.465. The summed E-state index contributed by atoms with van der Waals surface area (Å²) in [5.74, 6) is 0. The average molecular weight is 254 g/mol. The molecule has 0 aromatic heterocycles. The zero-order valence-electron chi connectivity index (χ0n) is 11.9. The van der Waals surface area contributed by atoms with Crippen LogP contribution < -0.4 is 5.73 Å². The molecule has 2 rings (SSSR count). The molecule has 106 valence electrons. The molecule has 2 aliphatic rings. The van der Waals surface area contributed by atoms with Crippen molar-refractivity contribution in [3.8, 4) is 0 Å². The monoisotopic (exact) mass is 254 g/mol. The quantitative estimate of drug-likeness (QED) is 0.791. The highest BCUT2D eigenvalue weighted by Gasteiger charge is 2.23. The lowest BCUT2D eigenvalue weighted by molar-refractivity contribution is 0.0930. The van der Waals surface area contributed by atoms with Crippen molar-refractivity contribution < 1.29 is 4.74 Å². The Labute approximate surface area is 112 Å². The number of hydrogen-bond donors (Lipinski definition) is 1. The molecule has 3 heteroatoms. The summed E-state index contributed by atoms with van der Waals surface area (Å²) in [7, 11) is 0. The molecule has 1 aliphatic carbocycles. The van der Waals surface area contributed by atoms with Gasteiger partial charge in [0.05, 0.1) is 6.10 Å². The van der Waals surface area contributed by atoms with Crippen LogP contribution in [0.1, 0.15) is 58.3 Å². The number of nitrogens with zero attached hydrogens (tertiary/aromatic N) is 1. The van der Waals surface area contributed by atoms with E-state index in [-0.39, 0.29) is 0 Å². The van der Waals surface area contributed by atoms with Gasteiger partial charge in [0.15, 0.2) is 0 Å². The summed E-state index contributed by atoms with van der Waals surface area (Å²) in [4.78, 5) is 2.67. The average Bonchev–Trinajstić information content (AvgIpc) is 2.89. The third kappa shape index (κ3) is 4.22. The molecule has 2 N–H and O–H groups in total. The molecule has 1 saturated carbocycles. The molecule has 1 saturated heterocycles. The first-order valence-electron chi connectivity index (χ1n) is 7.90. The molecule has 0 aromatic carbocycles. The predicted molar refractivity (Wildman–Crippen MR) is 75.7 cm³/mol. The van der Waals surface area contributed by atoms with E-state index in [4.69, 9.17) is 10.5 Å². The van der Waals surface area contributed by atoms with Gasteiger partial charge in [0.25, 0.3) is 0 Å². The number of ether oxygens (including phenoxy) is 1. The van der Waals surface area contributed by atoms with Gasteiger partial charge in [-0.3, -0.25) is 0 Å². The standard InChI is InChI=1S/C15H30N2O/c1-2-17(14-9-7-13(16)8-10-14)11-3-5-15-6-4-12-18-15/h13-15H,2-12,16H2,1H3. The number of hydrogen-bond acceptors (Lipinski definition) is 3. The molecule has 1 aliphatic heterocycles. The predicted octanol–water partition coefficient (Wildman–Crippen LogP) is 2.54.